The van der Waals surface area contributed by atoms with E-state index >= 15 is 0 Å². The van der Waals surface area contributed by atoms with Crippen molar-refractivity contribution in [1.29, 1.82) is 0 Å². The standard InChI is InChI=1S/C16H24N4OS/c1-11-7-12(2)19-16(18-11)22-10-15(21)20-5-3-13-8-17-9-14(13)4-6-20/h7,13-14,17H,3-6,8-10H2,1-2H3/t13-,14+. The van der Waals surface area contributed by atoms with E-state index in [4.69, 9.17) is 0 Å². The zero-order valence-corrected chi connectivity index (χ0v) is 14.2. The van der Waals surface area contributed by atoms with Gasteiger partial charge in [-0.05, 0) is 57.7 Å². The molecule has 0 aromatic carbocycles. The molecule has 1 aromatic rings. The first-order valence-electron chi connectivity index (χ1n) is 8.05. The maximum atomic E-state index is 12.4. The van der Waals surface area contributed by atoms with Crippen molar-refractivity contribution >= 4 is 17.7 Å². The topological polar surface area (TPSA) is 58.1 Å². The van der Waals surface area contributed by atoms with Crippen LogP contribution in [0.3, 0.4) is 0 Å². The van der Waals surface area contributed by atoms with Gasteiger partial charge in [-0.3, -0.25) is 4.79 Å². The molecule has 0 spiro atoms. The van der Waals surface area contributed by atoms with Gasteiger partial charge in [0, 0.05) is 24.5 Å². The molecule has 0 saturated carbocycles. The van der Waals surface area contributed by atoms with Gasteiger partial charge in [0.05, 0.1) is 5.75 Å². The summed E-state index contributed by atoms with van der Waals surface area (Å²) in [5.41, 5.74) is 1.91. The second-order valence-electron chi connectivity index (χ2n) is 6.36. The van der Waals surface area contributed by atoms with Gasteiger partial charge in [-0.2, -0.15) is 0 Å². The van der Waals surface area contributed by atoms with Gasteiger partial charge >= 0.3 is 0 Å². The minimum absolute atomic E-state index is 0.223. The molecule has 1 N–H and O–H groups in total. The van der Waals surface area contributed by atoms with Gasteiger partial charge in [0.15, 0.2) is 5.16 Å². The fraction of sp³-hybridized carbons (Fsp3) is 0.688. The predicted octanol–water partition coefficient (Wildman–Crippen LogP) is 1.64. The van der Waals surface area contributed by atoms with Gasteiger partial charge in [0.2, 0.25) is 5.91 Å². The third kappa shape index (κ3) is 3.79. The minimum atomic E-state index is 0.223. The third-order valence-electron chi connectivity index (χ3n) is 4.66. The van der Waals surface area contributed by atoms with Gasteiger partial charge in [-0.15, -0.1) is 0 Å². The van der Waals surface area contributed by atoms with E-state index in [9.17, 15) is 4.79 Å². The summed E-state index contributed by atoms with van der Waals surface area (Å²) in [6.45, 7) is 7.96. The minimum Gasteiger partial charge on any atom is -0.342 e. The molecule has 6 heteroatoms. The molecule has 1 amide bonds. The van der Waals surface area contributed by atoms with Crippen molar-refractivity contribution in [1.82, 2.24) is 20.2 Å². The summed E-state index contributed by atoms with van der Waals surface area (Å²) in [4.78, 5) is 23.3. The maximum Gasteiger partial charge on any atom is 0.233 e. The normalized spacial score (nSPS) is 24.9. The van der Waals surface area contributed by atoms with Crippen molar-refractivity contribution in [3.8, 4) is 0 Å². The average Bonchev–Trinajstić information content (AvgIpc) is 2.82. The number of hydrogen-bond donors (Lipinski definition) is 1. The van der Waals surface area contributed by atoms with E-state index in [1.807, 2.05) is 24.8 Å². The number of hydrogen-bond acceptors (Lipinski definition) is 5. The molecule has 2 saturated heterocycles. The number of nitrogens with one attached hydrogen (secondary N) is 1. The van der Waals surface area contributed by atoms with Crippen LogP contribution < -0.4 is 5.32 Å². The molecule has 120 valence electrons. The second kappa shape index (κ2) is 6.96. The summed E-state index contributed by atoms with van der Waals surface area (Å²) in [6, 6.07) is 1.95. The van der Waals surface area contributed by atoms with Crippen LogP contribution in [0.4, 0.5) is 0 Å². The monoisotopic (exact) mass is 320 g/mol. The van der Waals surface area contributed by atoms with Crippen molar-refractivity contribution in [2.75, 3.05) is 31.9 Å². The van der Waals surface area contributed by atoms with E-state index in [0.717, 1.165) is 62.2 Å². The lowest BCUT2D eigenvalue weighted by atomic mass is 9.92. The fourth-order valence-corrected chi connectivity index (χ4v) is 4.30. The molecule has 2 atom stereocenters. The van der Waals surface area contributed by atoms with Crippen LogP contribution in [0.1, 0.15) is 24.2 Å². The van der Waals surface area contributed by atoms with Crippen LogP contribution in [0, 0.1) is 25.7 Å². The molecular weight excluding hydrogens is 296 g/mol. The Morgan fingerprint density at radius 2 is 1.82 bits per heavy atom. The zero-order valence-electron chi connectivity index (χ0n) is 13.3. The molecule has 2 aliphatic heterocycles. The number of likely N-dealkylation sites (tertiary alicyclic amines) is 1. The predicted molar refractivity (Wildman–Crippen MR) is 87.9 cm³/mol. The van der Waals surface area contributed by atoms with E-state index in [0.29, 0.717) is 10.9 Å². The lowest BCUT2D eigenvalue weighted by Crippen LogP contribution is -2.34. The van der Waals surface area contributed by atoms with E-state index in [1.54, 1.807) is 0 Å². The molecule has 0 unspecified atom stereocenters. The van der Waals surface area contributed by atoms with Crippen LogP contribution in [-0.2, 0) is 4.79 Å². The first kappa shape index (κ1) is 15.7. The summed E-state index contributed by atoms with van der Waals surface area (Å²) in [5, 5.41) is 4.18. The van der Waals surface area contributed by atoms with Crippen LogP contribution in [0.15, 0.2) is 11.2 Å². The van der Waals surface area contributed by atoms with Crippen molar-refractivity contribution in [2.45, 2.75) is 31.8 Å². The molecule has 0 bridgehead atoms. The number of nitrogens with zero attached hydrogens (tertiary/aromatic N) is 3. The average molecular weight is 320 g/mol. The first-order chi connectivity index (χ1) is 10.6. The molecule has 0 aliphatic carbocycles. The van der Waals surface area contributed by atoms with Gasteiger partial charge < -0.3 is 10.2 Å². The lowest BCUT2D eigenvalue weighted by molar-refractivity contribution is -0.128. The Kier molecular flexibility index (Phi) is 4.98. The summed E-state index contributed by atoms with van der Waals surface area (Å²) in [7, 11) is 0. The smallest absolute Gasteiger partial charge is 0.233 e. The number of aromatic nitrogens is 2. The summed E-state index contributed by atoms with van der Waals surface area (Å²) in [6.07, 6.45) is 2.27. The highest BCUT2D eigenvalue weighted by molar-refractivity contribution is 7.99. The summed E-state index contributed by atoms with van der Waals surface area (Å²) >= 11 is 1.45. The Bertz CT molecular complexity index is 517. The molecule has 0 radical (unpaired) electrons. The van der Waals surface area contributed by atoms with Crippen LogP contribution in [0.25, 0.3) is 0 Å². The highest BCUT2D eigenvalue weighted by atomic mass is 32.2. The first-order valence-corrected chi connectivity index (χ1v) is 9.04. The van der Waals surface area contributed by atoms with E-state index < -0.39 is 0 Å². The van der Waals surface area contributed by atoms with Crippen LogP contribution >= 0.6 is 11.8 Å². The Hall–Kier alpha value is -1.14. The highest BCUT2D eigenvalue weighted by Crippen LogP contribution is 2.27. The van der Waals surface area contributed by atoms with E-state index in [1.165, 1.54) is 11.8 Å². The molecule has 1 aromatic heterocycles. The van der Waals surface area contributed by atoms with E-state index in [-0.39, 0.29) is 5.91 Å². The molecule has 3 heterocycles. The second-order valence-corrected chi connectivity index (χ2v) is 7.30. The summed E-state index contributed by atoms with van der Waals surface area (Å²) < 4.78 is 0. The molecule has 2 fully saturated rings. The van der Waals surface area contributed by atoms with Gasteiger partial charge in [0.25, 0.3) is 0 Å². The molecule has 2 aliphatic rings. The number of rotatable bonds is 3. The molecule has 3 rings (SSSR count). The van der Waals surface area contributed by atoms with Gasteiger partial charge in [0.1, 0.15) is 0 Å². The van der Waals surface area contributed by atoms with Crippen LogP contribution in [0.2, 0.25) is 0 Å². The molecule has 22 heavy (non-hydrogen) atoms. The number of carbonyl (C=O) groups is 1. The van der Waals surface area contributed by atoms with Crippen LogP contribution in [-0.4, -0.2) is 52.7 Å². The van der Waals surface area contributed by atoms with Gasteiger partial charge in [-0.1, -0.05) is 11.8 Å². The number of fused-ring (bicyclic) bond motifs is 1. The Balaban J connectivity index is 1.53. The third-order valence-corrected chi connectivity index (χ3v) is 5.49. The van der Waals surface area contributed by atoms with Crippen LogP contribution in [0.5, 0.6) is 0 Å². The van der Waals surface area contributed by atoms with Crippen molar-refractivity contribution in [3.63, 3.8) is 0 Å². The van der Waals surface area contributed by atoms with Crippen molar-refractivity contribution in [2.24, 2.45) is 11.8 Å². The number of carbonyl (C=O) groups excluding carboxylic acids is 1. The number of amides is 1. The Labute approximate surface area is 136 Å². The van der Waals surface area contributed by atoms with Gasteiger partial charge in [-0.25, -0.2) is 9.97 Å². The van der Waals surface area contributed by atoms with E-state index in [2.05, 4.69) is 15.3 Å². The maximum absolute atomic E-state index is 12.4. The fourth-order valence-electron chi connectivity index (χ4n) is 3.44. The lowest BCUT2D eigenvalue weighted by Gasteiger charge is -2.20. The number of aryl methyl sites for hydroxylation is 2. The quantitative estimate of drug-likeness (QED) is 0.678. The summed E-state index contributed by atoms with van der Waals surface area (Å²) in [5.74, 6) is 2.18. The highest BCUT2D eigenvalue weighted by Gasteiger charge is 2.31. The Morgan fingerprint density at radius 3 is 2.41 bits per heavy atom. The SMILES string of the molecule is Cc1cc(C)nc(SCC(=O)N2CC[C@@H]3CNC[C@@H]3CC2)n1. The molecular formula is C16H24N4OS. The zero-order chi connectivity index (χ0) is 15.5. The number of thioether (sulfide) groups is 1. The Morgan fingerprint density at radius 1 is 1.23 bits per heavy atom. The van der Waals surface area contributed by atoms with Crippen molar-refractivity contribution < 1.29 is 4.79 Å². The largest absolute Gasteiger partial charge is 0.342 e. The molecule has 5 nitrogen and oxygen atoms in total. The van der Waals surface area contributed by atoms with Crippen molar-refractivity contribution in [3.05, 3.63) is 17.5 Å².